The number of carbonyl (C=O) groups is 2. The second-order valence-corrected chi connectivity index (χ2v) is 6.49. The highest BCUT2D eigenvalue weighted by Gasteiger charge is 2.07. The average molecular weight is 330 g/mol. The minimum Gasteiger partial charge on any atom is -0.469 e. The van der Waals surface area contributed by atoms with Gasteiger partial charge in [-0.3, -0.25) is 9.59 Å². The smallest absolute Gasteiger partial charge is 0.305 e. The van der Waals surface area contributed by atoms with E-state index in [0.29, 0.717) is 30.1 Å². The van der Waals surface area contributed by atoms with Crippen molar-refractivity contribution in [1.29, 1.82) is 0 Å². The van der Waals surface area contributed by atoms with Gasteiger partial charge in [0.1, 0.15) is 0 Å². The number of ether oxygens (including phenoxy) is 1. The van der Waals surface area contributed by atoms with Gasteiger partial charge in [-0.05, 0) is 25.0 Å². The lowest BCUT2D eigenvalue weighted by molar-refractivity contribution is -0.140. The average Bonchev–Trinajstić information content (AvgIpc) is 2.90. The molecular formula is C14H22N2O3S2. The van der Waals surface area contributed by atoms with E-state index in [1.54, 1.807) is 11.8 Å². The molecule has 0 aromatic carbocycles. The summed E-state index contributed by atoms with van der Waals surface area (Å²) in [5.41, 5.74) is 0.901. The molecule has 0 aliphatic heterocycles. The number of thiazole rings is 1. The molecule has 0 aliphatic carbocycles. The SMILES string of the molecule is CCCCSCC(=O)Nc1nc(CCCC(=O)OC)cs1. The van der Waals surface area contributed by atoms with Crippen LogP contribution in [0.5, 0.6) is 0 Å². The minimum atomic E-state index is -0.206. The number of rotatable bonds is 10. The van der Waals surface area contributed by atoms with E-state index in [1.165, 1.54) is 18.4 Å². The lowest BCUT2D eigenvalue weighted by Crippen LogP contribution is -2.14. The first-order valence-corrected chi connectivity index (χ1v) is 9.08. The molecule has 7 heteroatoms. The summed E-state index contributed by atoms with van der Waals surface area (Å²) < 4.78 is 4.58. The van der Waals surface area contributed by atoms with Gasteiger partial charge in [-0.1, -0.05) is 13.3 Å². The summed E-state index contributed by atoms with van der Waals surface area (Å²) in [6, 6.07) is 0. The number of aryl methyl sites for hydroxylation is 1. The van der Waals surface area contributed by atoms with Crippen LogP contribution in [-0.2, 0) is 20.7 Å². The third-order valence-electron chi connectivity index (χ3n) is 2.71. The Bertz CT molecular complexity index is 449. The van der Waals surface area contributed by atoms with Crippen LogP contribution in [0.3, 0.4) is 0 Å². The van der Waals surface area contributed by atoms with Gasteiger partial charge >= 0.3 is 5.97 Å². The number of aromatic nitrogens is 1. The quantitative estimate of drug-likeness (QED) is 0.527. The van der Waals surface area contributed by atoms with Gasteiger partial charge in [-0.2, -0.15) is 11.8 Å². The van der Waals surface area contributed by atoms with Crippen LogP contribution < -0.4 is 5.32 Å². The van der Waals surface area contributed by atoms with Gasteiger partial charge < -0.3 is 10.1 Å². The molecule has 1 amide bonds. The Morgan fingerprint density at radius 1 is 1.43 bits per heavy atom. The topological polar surface area (TPSA) is 68.3 Å². The lowest BCUT2D eigenvalue weighted by atomic mass is 10.2. The first-order valence-electron chi connectivity index (χ1n) is 7.04. The van der Waals surface area contributed by atoms with Crippen molar-refractivity contribution < 1.29 is 14.3 Å². The fourth-order valence-corrected chi connectivity index (χ4v) is 3.22. The maximum absolute atomic E-state index is 11.7. The van der Waals surface area contributed by atoms with Crippen LogP contribution in [0.1, 0.15) is 38.3 Å². The first kappa shape index (κ1) is 18.0. The highest BCUT2D eigenvalue weighted by Crippen LogP contribution is 2.17. The van der Waals surface area contributed by atoms with Crippen molar-refractivity contribution in [2.45, 2.75) is 39.0 Å². The van der Waals surface area contributed by atoms with Gasteiger partial charge in [0.15, 0.2) is 5.13 Å². The maximum atomic E-state index is 11.7. The lowest BCUT2D eigenvalue weighted by Gasteiger charge is -2.01. The monoisotopic (exact) mass is 330 g/mol. The van der Waals surface area contributed by atoms with E-state index in [0.717, 1.165) is 24.3 Å². The Balaban J connectivity index is 2.24. The van der Waals surface area contributed by atoms with Gasteiger partial charge in [0.05, 0.1) is 18.6 Å². The zero-order chi connectivity index (χ0) is 15.5. The molecule has 0 saturated carbocycles. The molecule has 0 bridgehead atoms. The number of esters is 1. The number of hydrogen-bond acceptors (Lipinski definition) is 6. The van der Waals surface area contributed by atoms with Crippen molar-refractivity contribution in [3.63, 3.8) is 0 Å². The number of methoxy groups -OCH3 is 1. The van der Waals surface area contributed by atoms with E-state index in [-0.39, 0.29) is 11.9 Å². The Hall–Kier alpha value is -1.08. The molecule has 0 fully saturated rings. The first-order chi connectivity index (χ1) is 10.2. The van der Waals surface area contributed by atoms with Crippen molar-refractivity contribution >= 4 is 40.1 Å². The van der Waals surface area contributed by atoms with Crippen molar-refractivity contribution in [3.8, 4) is 0 Å². The van der Waals surface area contributed by atoms with Crippen LogP contribution in [-0.4, -0.2) is 35.5 Å². The van der Waals surface area contributed by atoms with E-state index in [2.05, 4.69) is 22.0 Å². The Morgan fingerprint density at radius 2 is 2.24 bits per heavy atom. The Labute approximate surface area is 133 Å². The summed E-state index contributed by atoms with van der Waals surface area (Å²) in [4.78, 5) is 27.0. The molecule has 1 aromatic heterocycles. The van der Waals surface area contributed by atoms with E-state index < -0.39 is 0 Å². The fourth-order valence-electron chi connectivity index (χ4n) is 1.56. The number of unbranched alkanes of at least 4 members (excludes halogenated alkanes) is 1. The zero-order valence-electron chi connectivity index (χ0n) is 12.5. The third kappa shape index (κ3) is 8.06. The van der Waals surface area contributed by atoms with E-state index >= 15 is 0 Å². The zero-order valence-corrected chi connectivity index (χ0v) is 14.1. The molecule has 0 spiro atoms. The van der Waals surface area contributed by atoms with Crippen LogP contribution in [0.2, 0.25) is 0 Å². The Kier molecular flexibility index (Phi) is 9.09. The van der Waals surface area contributed by atoms with E-state index in [1.807, 2.05) is 5.38 Å². The van der Waals surface area contributed by atoms with Gasteiger partial charge in [0.25, 0.3) is 0 Å². The van der Waals surface area contributed by atoms with Crippen LogP contribution >= 0.6 is 23.1 Å². The normalized spacial score (nSPS) is 10.4. The van der Waals surface area contributed by atoms with Crippen molar-refractivity contribution in [3.05, 3.63) is 11.1 Å². The van der Waals surface area contributed by atoms with Gasteiger partial charge in [-0.15, -0.1) is 11.3 Å². The standard InChI is InChI=1S/C14H22N2O3S2/c1-3-4-8-20-10-12(17)16-14-15-11(9-21-14)6-5-7-13(18)19-2/h9H,3-8,10H2,1-2H3,(H,15,16,17). The molecular weight excluding hydrogens is 308 g/mol. The van der Waals surface area contributed by atoms with Gasteiger partial charge in [0.2, 0.25) is 5.91 Å². The molecule has 0 atom stereocenters. The highest BCUT2D eigenvalue weighted by atomic mass is 32.2. The van der Waals surface area contributed by atoms with Crippen LogP contribution in [0.15, 0.2) is 5.38 Å². The number of amides is 1. The molecule has 0 aliphatic rings. The molecule has 0 radical (unpaired) electrons. The minimum absolute atomic E-state index is 0.00781. The maximum Gasteiger partial charge on any atom is 0.305 e. The van der Waals surface area contributed by atoms with Crippen molar-refractivity contribution in [2.24, 2.45) is 0 Å². The predicted molar refractivity (Wildman–Crippen MR) is 87.9 cm³/mol. The van der Waals surface area contributed by atoms with Gasteiger partial charge in [-0.25, -0.2) is 4.98 Å². The third-order valence-corrected chi connectivity index (χ3v) is 4.57. The Morgan fingerprint density at radius 3 is 2.95 bits per heavy atom. The van der Waals surface area contributed by atoms with Crippen LogP contribution in [0, 0.1) is 0 Å². The number of thioether (sulfide) groups is 1. The number of anilines is 1. The number of nitrogens with one attached hydrogen (secondary N) is 1. The molecule has 0 unspecified atom stereocenters. The largest absolute Gasteiger partial charge is 0.469 e. The van der Waals surface area contributed by atoms with Crippen LogP contribution in [0.25, 0.3) is 0 Å². The van der Waals surface area contributed by atoms with E-state index in [4.69, 9.17) is 0 Å². The highest BCUT2D eigenvalue weighted by molar-refractivity contribution is 7.99. The number of carbonyl (C=O) groups excluding carboxylic acids is 2. The molecule has 1 N–H and O–H groups in total. The number of nitrogens with zero attached hydrogens (tertiary/aromatic N) is 1. The second-order valence-electron chi connectivity index (χ2n) is 4.53. The molecule has 21 heavy (non-hydrogen) atoms. The molecule has 5 nitrogen and oxygen atoms in total. The summed E-state index contributed by atoms with van der Waals surface area (Å²) in [6.07, 6.45) is 4.10. The van der Waals surface area contributed by atoms with Crippen LogP contribution in [0.4, 0.5) is 5.13 Å². The van der Waals surface area contributed by atoms with Crippen molar-refractivity contribution in [1.82, 2.24) is 4.98 Å². The van der Waals surface area contributed by atoms with Crippen molar-refractivity contribution in [2.75, 3.05) is 23.9 Å². The van der Waals surface area contributed by atoms with Gasteiger partial charge in [0, 0.05) is 11.8 Å². The summed E-state index contributed by atoms with van der Waals surface area (Å²) >= 11 is 3.06. The predicted octanol–water partition coefficient (Wildman–Crippen LogP) is 3.11. The molecule has 1 aromatic rings. The molecule has 1 heterocycles. The fraction of sp³-hybridized carbons (Fsp3) is 0.643. The van der Waals surface area contributed by atoms with E-state index in [9.17, 15) is 9.59 Å². The summed E-state index contributed by atoms with van der Waals surface area (Å²) in [7, 11) is 1.39. The summed E-state index contributed by atoms with van der Waals surface area (Å²) in [5.74, 6) is 1.27. The molecule has 118 valence electrons. The summed E-state index contributed by atoms with van der Waals surface area (Å²) in [6.45, 7) is 2.14. The summed E-state index contributed by atoms with van der Waals surface area (Å²) in [5, 5.41) is 5.35. The molecule has 1 rings (SSSR count). The number of hydrogen-bond donors (Lipinski definition) is 1. The second kappa shape index (κ2) is 10.6. The molecule has 0 saturated heterocycles.